The van der Waals surface area contributed by atoms with Crippen LogP contribution in [-0.2, 0) is 10.5 Å². The quantitative estimate of drug-likeness (QED) is 0.0808. The average Bonchev–Trinajstić information content (AvgIpc) is 3.48. The summed E-state index contributed by atoms with van der Waals surface area (Å²) in [6, 6.07) is 15.0. The fourth-order valence-corrected chi connectivity index (χ4v) is 5.45. The Balaban J connectivity index is 1.25. The van der Waals surface area contributed by atoms with Gasteiger partial charge in [-0.25, -0.2) is 10.1 Å². The average molecular weight is 562 g/mol. The summed E-state index contributed by atoms with van der Waals surface area (Å²) in [5.41, 5.74) is 4.52. The van der Waals surface area contributed by atoms with Crippen molar-refractivity contribution < 1.29 is 9.53 Å². The Labute approximate surface area is 223 Å². The van der Waals surface area contributed by atoms with Crippen LogP contribution in [0.15, 0.2) is 63.1 Å². The molecule has 0 bridgehead atoms. The van der Waals surface area contributed by atoms with Crippen molar-refractivity contribution >= 4 is 69.7 Å². The summed E-state index contributed by atoms with van der Waals surface area (Å²) in [6.45, 7) is 0. The van der Waals surface area contributed by atoms with Gasteiger partial charge in [-0.3, -0.25) is 10.1 Å². The molecule has 4 aromatic rings. The van der Waals surface area contributed by atoms with Crippen molar-refractivity contribution in [3.8, 4) is 5.75 Å². The maximum Gasteiger partial charge on any atom is 0.264 e. The summed E-state index contributed by atoms with van der Waals surface area (Å²) in [5, 5.41) is 24.4. The maximum atomic E-state index is 12.4. The number of ether oxygens (including phenoxy) is 1. The van der Waals surface area contributed by atoms with Crippen molar-refractivity contribution in [2.75, 3.05) is 29.4 Å². The number of amides is 1. The Hall–Kier alpha value is -3.33. The number of hydrogen-bond donors (Lipinski definition) is 3. The molecule has 0 fully saturated rings. The molecule has 2 aromatic heterocycles. The highest BCUT2D eigenvalue weighted by Crippen LogP contribution is 2.30. The third-order valence-corrected chi connectivity index (χ3v) is 7.80. The largest absolute Gasteiger partial charge is 0.496 e. The van der Waals surface area contributed by atoms with Crippen LogP contribution < -0.4 is 21.3 Å². The number of carbonyl (C=O) groups excluding carboxylic acids is 1. The van der Waals surface area contributed by atoms with Gasteiger partial charge in [0.1, 0.15) is 5.75 Å². The first-order chi connectivity index (χ1) is 17.5. The number of aromatic nitrogens is 5. The maximum absolute atomic E-state index is 12.4. The minimum atomic E-state index is -0.273. The molecule has 15 heteroatoms. The predicted octanol–water partition coefficient (Wildman–Crippen LogP) is 3.97. The van der Waals surface area contributed by atoms with E-state index in [4.69, 9.17) is 22.2 Å². The van der Waals surface area contributed by atoms with E-state index in [1.54, 1.807) is 13.3 Å². The Morgan fingerprint density at radius 3 is 2.81 bits per heavy atom. The molecular formula is C21H20ClN9O2S3. The van der Waals surface area contributed by atoms with Crippen molar-refractivity contribution in [3.05, 3.63) is 64.7 Å². The minimum Gasteiger partial charge on any atom is -0.496 e. The summed E-state index contributed by atoms with van der Waals surface area (Å²) >= 11 is 10.1. The van der Waals surface area contributed by atoms with E-state index in [1.807, 2.05) is 48.5 Å². The molecule has 0 radical (unpaired) electrons. The summed E-state index contributed by atoms with van der Waals surface area (Å²) in [5.74, 6) is 7.36. The number of nitrogens with zero attached hydrogens (tertiary/aromatic N) is 6. The number of nitrogens with one attached hydrogen (secondary N) is 2. The summed E-state index contributed by atoms with van der Waals surface area (Å²) in [7, 11) is 1.58. The SMILES string of the molecule is COc1ccccc1/C=N/Nc1nnc(SCC(=O)Nc2nnc(SCc3ccccc3Cl)s2)n1N. The molecule has 0 unspecified atom stereocenters. The minimum absolute atomic E-state index is 0.0570. The molecule has 4 N–H and O–H groups in total. The first-order valence-electron chi connectivity index (χ1n) is 10.3. The highest BCUT2D eigenvalue weighted by Gasteiger charge is 2.14. The van der Waals surface area contributed by atoms with Crippen molar-refractivity contribution in [1.29, 1.82) is 0 Å². The van der Waals surface area contributed by atoms with Gasteiger partial charge in [0.15, 0.2) is 4.34 Å². The number of thioether (sulfide) groups is 2. The van der Waals surface area contributed by atoms with E-state index in [1.165, 1.54) is 27.8 Å². The van der Waals surface area contributed by atoms with Crippen molar-refractivity contribution in [2.24, 2.45) is 5.10 Å². The third-order valence-electron chi connectivity index (χ3n) is 4.47. The molecule has 2 aromatic carbocycles. The second-order valence-corrected chi connectivity index (χ2v) is 10.4. The lowest BCUT2D eigenvalue weighted by Gasteiger charge is -2.04. The number of hydrogen-bond acceptors (Lipinski definition) is 12. The Morgan fingerprint density at radius 2 is 1.97 bits per heavy atom. The van der Waals surface area contributed by atoms with E-state index < -0.39 is 0 Å². The molecule has 1 amide bonds. The third kappa shape index (κ3) is 6.87. The fourth-order valence-electron chi connectivity index (χ4n) is 2.74. The molecule has 0 spiro atoms. The van der Waals surface area contributed by atoms with Crippen molar-refractivity contribution in [2.45, 2.75) is 15.2 Å². The van der Waals surface area contributed by atoms with Gasteiger partial charge < -0.3 is 10.6 Å². The van der Waals surface area contributed by atoms with Crippen LogP contribution in [0.2, 0.25) is 5.02 Å². The number of carbonyl (C=O) groups is 1. The molecule has 0 atom stereocenters. The second kappa shape index (κ2) is 12.6. The molecule has 186 valence electrons. The summed E-state index contributed by atoms with van der Waals surface area (Å²) in [4.78, 5) is 12.4. The van der Waals surface area contributed by atoms with Crippen LogP contribution in [0.4, 0.5) is 11.1 Å². The van der Waals surface area contributed by atoms with E-state index in [-0.39, 0.29) is 17.6 Å². The van der Waals surface area contributed by atoms with Gasteiger partial charge in [0.05, 0.1) is 19.1 Å². The lowest BCUT2D eigenvalue weighted by Crippen LogP contribution is -2.16. The number of hydrazone groups is 1. The number of methoxy groups -OCH3 is 1. The number of halogens is 1. The fraction of sp³-hybridized carbons (Fsp3) is 0.143. The van der Waals surface area contributed by atoms with Gasteiger partial charge >= 0.3 is 0 Å². The monoisotopic (exact) mass is 561 g/mol. The number of para-hydroxylation sites is 1. The second-order valence-electron chi connectivity index (χ2n) is 6.88. The highest BCUT2D eigenvalue weighted by molar-refractivity contribution is 8.00. The standard InChI is InChI=1S/C21H20ClN9O2S3/c1-33-16-9-5-3-6-13(16)10-24-26-18-27-29-20(31(18)23)34-12-17(32)25-19-28-30-21(36-19)35-11-14-7-2-4-8-15(14)22/h2-10H,11-12,23H2,1H3,(H,26,27)(H,25,28,32)/b24-10+. The Morgan fingerprint density at radius 1 is 1.17 bits per heavy atom. The van der Waals surface area contributed by atoms with E-state index >= 15 is 0 Å². The van der Waals surface area contributed by atoms with Crippen LogP contribution in [-0.4, -0.2) is 50.1 Å². The number of nitrogen functional groups attached to an aromatic ring is 1. The van der Waals surface area contributed by atoms with E-state index in [9.17, 15) is 4.79 Å². The molecule has 4 rings (SSSR count). The first kappa shape index (κ1) is 25.8. The van der Waals surface area contributed by atoms with Gasteiger partial charge in [0, 0.05) is 16.3 Å². The molecule has 2 heterocycles. The number of nitrogens with two attached hydrogens (primary N) is 1. The Kier molecular flexibility index (Phi) is 9.00. The molecule has 11 nitrogen and oxygen atoms in total. The molecule has 0 saturated heterocycles. The van der Waals surface area contributed by atoms with Gasteiger partial charge in [-0.2, -0.15) is 5.10 Å². The van der Waals surface area contributed by atoms with Crippen molar-refractivity contribution in [3.63, 3.8) is 0 Å². The van der Waals surface area contributed by atoms with Gasteiger partial charge in [0.25, 0.3) is 5.95 Å². The predicted molar refractivity (Wildman–Crippen MR) is 145 cm³/mol. The summed E-state index contributed by atoms with van der Waals surface area (Å²) in [6.07, 6.45) is 1.58. The lowest BCUT2D eigenvalue weighted by atomic mass is 10.2. The van der Waals surface area contributed by atoms with Crippen LogP contribution in [0.5, 0.6) is 5.75 Å². The number of rotatable bonds is 11. The molecule has 0 aliphatic rings. The van der Waals surface area contributed by atoms with E-state index in [0.29, 0.717) is 26.8 Å². The van der Waals surface area contributed by atoms with Gasteiger partial charge in [-0.05, 0) is 23.8 Å². The van der Waals surface area contributed by atoms with Crippen LogP contribution in [0, 0.1) is 0 Å². The van der Waals surface area contributed by atoms with Crippen LogP contribution in [0.1, 0.15) is 11.1 Å². The number of benzene rings is 2. The first-order valence-corrected chi connectivity index (χ1v) is 13.4. The normalized spacial score (nSPS) is 11.1. The molecule has 0 saturated carbocycles. The lowest BCUT2D eigenvalue weighted by molar-refractivity contribution is -0.113. The number of anilines is 2. The molecule has 0 aliphatic carbocycles. The van der Waals surface area contributed by atoms with Crippen LogP contribution >= 0.6 is 46.5 Å². The van der Waals surface area contributed by atoms with E-state index in [0.717, 1.165) is 27.2 Å². The Bertz CT molecular complexity index is 1360. The zero-order chi connectivity index (χ0) is 25.3. The molecular weight excluding hydrogens is 542 g/mol. The smallest absolute Gasteiger partial charge is 0.264 e. The summed E-state index contributed by atoms with van der Waals surface area (Å²) < 4.78 is 7.22. The van der Waals surface area contributed by atoms with Crippen LogP contribution in [0.25, 0.3) is 0 Å². The van der Waals surface area contributed by atoms with Gasteiger partial charge in [-0.1, -0.05) is 76.8 Å². The van der Waals surface area contributed by atoms with E-state index in [2.05, 4.69) is 36.2 Å². The van der Waals surface area contributed by atoms with Crippen LogP contribution in [0.3, 0.4) is 0 Å². The van der Waals surface area contributed by atoms with Gasteiger partial charge in [-0.15, -0.1) is 20.4 Å². The molecule has 36 heavy (non-hydrogen) atoms. The topological polar surface area (TPSA) is 145 Å². The molecule has 0 aliphatic heterocycles. The zero-order valence-corrected chi connectivity index (χ0v) is 22.0. The van der Waals surface area contributed by atoms with Crippen molar-refractivity contribution in [1.82, 2.24) is 25.1 Å². The van der Waals surface area contributed by atoms with Gasteiger partial charge in [0.2, 0.25) is 16.2 Å². The zero-order valence-electron chi connectivity index (χ0n) is 18.8. The highest BCUT2D eigenvalue weighted by atomic mass is 35.5.